The van der Waals surface area contributed by atoms with Crippen LogP contribution in [0.3, 0.4) is 0 Å². The van der Waals surface area contributed by atoms with E-state index in [0.717, 1.165) is 44.3 Å². The van der Waals surface area contributed by atoms with Gasteiger partial charge in [-0.25, -0.2) is 0 Å². The van der Waals surface area contributed by atoms with Crippen LogP contribution in [0.15, 0.2) is 10.7 Å². The Labute approximate surface area is 90.7 Å². The van der Waals surface area contributed by atoms with Gasteiger partial charge in [0.1, 0.15) is 6.26 Å². The molecule has 0 saturated carbocycles. The lowest BCUT2D eigenvalue weighted by molar-refractivity contribution is 0.544. The van der Waals surface area contributed by atoms with Gasteiger partial charge >= 0.3 is 0 Å². The van der Waals surface area contributed by atoms with Crippen LogP contribution in [0.25, 0.3) is 0 Å². The third kappa shape index (κ3) is 2.72. The molecule has 1 N–H and O–H groups in total. The highest BCUT2D eigenvalue weighted by Gasteiger charge is 2.16. The van der Waals surface area contributed by atoms with E-state index < -0.39 is 0 Å². The molecule has 0 amide bonds. The van der Waals surface area contributed by atoms with E-state index in [1.165, 1.54) is 12.8 Å². The van der Waals surface area contributed by atoms with Crippen molar-refractivity contribution in [1.82, 2.24) is 10.3 Å². The maximum atomic E-state index is 5.45. The molecule has 1 aromatic heterocycles. The second-order valence-corrected chi connectivity index (χ2v) is 3.99. The zero-order valence-electron chi connectivity index (χ0n) is 9.33. The van der Waals surface area contributed by atoms with E-state index in [9.17, 15) is 0 Å². The Morgan fingerprint density at radius 1 is 1.47 bits per heavy atom. The van der Waals surface area contributed by atoms with Crippen molar-refractivity contribution in [3.63, 3.8) is 0 Å². The molecule has 1 aliphatic rings. The van der Waals surface area contributed by atoms with Crippen LogP contribution in [0.2, 0.25) is 0 Å². The van der Waals surface area contributed by atoms with Crippen molar-refractivity contribution >= 4 is 6.01 Å². The molecule has 0 spiro atoms. The summed E-state index contributed by atoms with van der Waals surface area (Å²) < 4.78 is 5.45. The summed E-state index contributed by atoms with van der Waals surface area (Å²) in [6.45, 7) is 6.17. The van der Waals surface area contributed by atoms with Crippen LogP contribution in [-0.2, 0) is 6.54 Å². The predicted octanol–water partition coefficient (Wildman–Crippen LogP) is 1.77. The summed E-state index contributed by atoms with van der Waals surface area (Å²) in [5.74, 6) is 0. The molecule has 0 aliphatic carbocycles. The molecule has 0 bridgehead atoms. The Kier molecular flexibility index (Phi) is 3.61. The van der Waals surface area contributed by atoms with Gasteiger partial charge in [0.2, 0.25) is 0 Å². The summed E-state index contributed by atoms with van der Waals surface area (Å²) >= 11 is 0. The summed E-state index contributed by atoms with van der Waals surface area (Å²) in [6.07, 6.45) is 5.42. The standard InChI is InChI=1S/C11H19N3O/c1-2-5-12-8-10-9-15-11(13-10)14-6-3-4-7-14/h9,12H,2-8H2,1H3. The van der Waals surface area contributed by atoms with E-state index in [1.807, 2.05) is 0 Å². The third-order valence-electron chi connectivity index (χ3n) is 2.65. The summed E-state index contributed by atoms with van der Waals surface area (Å²) in [5.41, 5.74) is 1.00. The largest absolute Gasteiger partial charge is 0.432 e. The van der Waals surface area contributed by atoms with Gasteiger partial charge in [0.25, 0.3) is 6.01 Å². The molecular formula is C11H19N3O. The van der Waals surface area contributed by atoms with Gasteiger partial charge in [0.05, 0.1) is 5.69 Å². The molecule has 1 aliphatic heterocycles. The Morgan fingerprint density at radius 3 is 3.00 bits per heavy atom. The second kappa shape index (κ2) is 5.16. The molecule has 0 radical (unpaired) electrons. The minimum atomic E-state index is 0.792. The quantitative estimate of drug-likeness (QED) is 0.750. The number of nitrogens with zero attached hydrogens (tertiary/aromatic N) is 2. The van der Waals surface area contributed by atoms with E-state index in [1.54, 1.807) is 6.26 Å². The van der Waals surface area contributed by atoms with Crippen LogP contribution in [0, 0.1) is 0 Å². The first-order valence-electron chi connectivity index (χ1n) is 5.80. The zero-order chi connectivity index (χ0) is 10.5. The number of nitrogens with one attached hydrogen (secondary N) is 1. The Morgan fingerprint density at radius 2 is 2.27 bits per heavy atom. The molecule has 1 saturated heterocycles. The number of rotatable bonds is 5. The summed E-state index contributed by atoms with van der Waals surface area (Å²) in [6, 6.07) is 0.792. The van der Waals surface area contributed by atoms with Crippen LogP contribution in [0.5, 0.6) is 0 Å². The average Bonchev–Trinajstić information content (AvgIpc) is 2.87. The van der Waals surface area contributed by atoms with Gasteiger partial charge in [-0.3, -0.25) is 0 Å². The third-order valence-corrected chi connectivity index (χ3v) is 2.65. The van der Waals surface area contributed by atoms with Gasteiger partial charge in [0.15, 0.2) is 0 Å². The highest BCUT2D eigenvalue weighted by atomic mass is 16.4. The minimum Gasteiger partial charge on any atom is -0.432 e. The number of hydrogen-bond acceptors (Lipinski definition) is 4. The van der Waals surface area contributed by atoms with Crippen molar-refractivity contribution < 1.29 is 4.42 Å². The van der Waals surface area contributed by atoms with Crippen LogP contribution >= 0.6 is 0 Å². The molecule has 15 heavy (non-hydrogen) atoms. The zero-order valence-corrected chi connectivity index (χ0v) is 9.33. The normalized spacial score (nSPS) is 16.2. The molecule has 2 heterocycles. The lowest BCUT2D eigenvalue weighted by atomic mass is 10.4. The first-order valence-corrected chi connectivity index (χ1v) is 5.80. The topological polar surface area (TPSA) is 41.3 Å². The number of hydrogen-bond donors (Lipinski definition) is 1. The van der Waals surface area contributed by atoms with E-state index in [2.05, 4.69) is 22.1 Å². The van der Waals surface area contributed by atoms with Crippen molar-refractivity contribution in [2.75, 3.05) is 24.5 Å². The SMILES string of the molecule is CCCNCc1coc(N2CCCC2)n1. The van der Waals surface area contributed by atoms with Gasteiger partial charge in [0, 0.05) is 19.6 Å². The van der Waals surface area contributed by atoms with Gasteiger partial charge in [-0.2, -0.15) is 4.98 Å². The fraction of sp³-hybridized carbons (Fsp3) is 0.727. The minimum absolute atomic E-state index is 0.792. The summed E-state index contributed by atoms with van der Waals surface area (Å²) in [7, 11) is 0. The molecule has 0 aromatic carbocycles. The molecule has 84 valence electrons. The van der Waals surface area contributed by atoms with Gasteiger partial charge in [-0.15, -0.1) is 0 Å². The second-order valence-electron chi connectivity index (χ2n) is 3.99. The Bertz CT molecular complexity index is 292. The lowest BCUT2D eigenvalue weighted by Crippen LogP contribution is -2.18. The fourth-order valence-electron chi connectivity index (χ4n) is 1.82. The average molecular weight is 209 g/mol. The monoisotopic (exact) mass is 209 g/mol. The number of anilines is 1. The molecular weight excluding hydrogens is 190 g/mol. The first-order chi connectivity index (χ1) is 7.40. The maximum Gasteiger partial charge on any atom is 0.297 e. The molecule has 0 atom stereocenters. The van der Waals surface area contributed by atoms with Gasteiger partial charge < -0.3 is 14.6 Å². The molecule has 1 fully saturated rings. The van der Waals surface area contributed by atoms with Crippen molar-refractivity contribution in [2.45, 2.75) is 32.7 Å². The fourth-order valence-corrected chi connectivity index (χ4v) is 1.82. The Hall–Kier alpha value is -1.03. The number of oxazole rings is 1. The van der Waals surface area contributed by atoms with Crippen molar-refractivity contribution in [3.8, 4) is 0 Å². The van der Waals surface area contributed by atoms with E-state index in [4.69, 9.17) is 4.42 Å². The molecule has 0 unspecified atom stereocenters. The predicted molar refractivity (Wildman–Crippen MR) is 59.9 cm³/mol. The Balaban J connectivity index is 1.86. The lowest BCUT2D eigenvalue weighted by Gasteiger charge is -2.10. The highest BCUT2D eigenvalue weighted by Crippen LogP contribution is 2.18. The molecule has 2 rings (SSSR count). The summed E-state index contributed by atoms with van der Waals surface area (Å²) in [5, 5.41) is 3.31. The van der Waals surface area contributed by atoms with Crippen molar-refractivity contribution in [1.29, 1.82) is 0 Å². The van der Waals surface area contributed by atoms with Crippen LogP contribution in [-0.4, -0.2) is 24.6 Å². The van der Waals surface area contributed by atoms with Gasteiger partial charge in [-0.1, -0.05) is 6.92 Å². The molecule has 4 heteroatoms. The van der Waals surface area contributed by atoms with E-state index in [-0.39, 0.29) is 0 Å². The van der Waals surface area contributed by atoms with Crippen LogP contribution < -0.4 is 10.2 Å². The molecule has 4 nitrogen and oxygen atoms in total. The maximum absolute atomic E-state index is 5.45. The van der Waals surface area contributed by atoms with Crippen molar-refractivity contribution in [3.05, 3.63) is 12.0 Å². The van der Waals surface area contributed by atoms with E-state index in [0.29, 0.717) is 0 Å². The van der Waals surface area contributed by atoms with Gasteiger partial charge in [-0.05, 0) is 25.8 Å². The summed E-state index contributed by atoms with van der Waals surface area (Å²) in [4.78, 5) is 6.67. The smallest absolute Gasteiger partial charge is 0.297 e. The molecule has 1 aromatic rings. The highest BCUT2D eigenvalue weighted by molar-refractivity contribution is 5.28. The van der Waals surface area contributed by atoms with Crippen LogP contribution in [0.4, 0.5) is 6.01 Å². The number of aromatic nitrogens is 1. The van der Waals surface area contributed by atoms with Crippen molar-refractivity contribution in [2.24, 2.45) is 0 Å². The van der Waals surface area contributed by atoms with E-state index >= 15 is 0 Å². The van der Waals surface area contributed by atoms with Crippen LogP contribution in [0.1, 0.15) is 31.9 Å². The first kappa shape index (κ1) is 10.5.